The maximum Gasteiger partial charge on any atom is 0.269 e. The van der Waals surface area contributed by atoms with E-state index < -0.39 is 0 Å². The normalized spacial score (nSPS) is 11.6. The Bertz CT molecular complexity index is 720. The van der Waals surface area contributed by atoms with E-state index in [1.807, 2.05) is 38.4 Å². The highest BCUT2D eigenvalue weighted by molar-refractivity contribution is 5.81. The van der Waals surface area contributed by atoms with Crippen LogP contribution in [0.25, 0.3) is 11.6 Å². The monoisotopic (exact) mass is 340 g/mol. The Balaban J connectivity index is 2.09. The molecular weight excluding hydrogens is 316 g/mol. The molecule has 0 aliphatic heterocycles. The van der Waals surface area contributed by atoms with E-state index in [9.17, 15) is 10.1 Å². The molecule has 0 N–H and O–H groups in total. The second-order valence-corrected chi connectivity index (χ2v) is 6.05. The molecular formula is C20H24N2O3. The number of nitro benzene ring substituents is 1. The first-order valence-electron chi connectivity index (χ1n) is 8.32. The van der Waals surface area contributed by atoms with E-state index in [1.165, 1.54) is 0 Å². The summed E-state index contributed by atoms with van der Waals surface area (Å²) in [6, 6.07) is 14.6. The molecule has 2 aromatic carbocycles. The highest BCUT2D eigenvalue weighted by Gasteiger charge is 2.06. The lowest BCUT2D eigenvalue weighted by Crippen LogP contribution is -2.19. The zero-order valence-electron chi connectivity index (χ0n) is 14.9. The molecule has 0 aliphatic rings. The van der Waals surface area contributed by atoms with Crippen LogP contribution in [0.2, 0.25) is 0 Å². The first-order valence-corrected chi connectivity index (χ1v) is 8.32. The highest BCUT2D eigenvalue weighted by Crippen LogP contribution is 2.24. The largest absolute Gasteiger partial charge is 0.492 e. The summed E-state index contributed by atoms with van der Waals surface area (Å²) in [4.78, 5) is 12.5. The number of hydrogen-bond donors (Lipinski definition) is 0. The van der Waals surface area contributed by atoms with Crippen molar-refractivity contribution in [3.05, 3.63) is 69.8 Å². The fraction of sp³-hybridized carbons (Fsp3) is 0.300. The van der Waals surface area contributed by atoms with Gasteiger partial charge in [0.2, 0.25) is 0 Å². The van der Waals surface area contributed by atoms with Gasteiger partial charge < -0.3 is 9.64 Å². The molecule has 0 aromatic heterocycles. The molecule has 25 heavy (non-hydrogen) atoms. The molecule has 0 amide bonds. The summed E-state index contributed by atoms with van der Waals surface area (Å²) in [6.07, 6.45) is 2.95. The van der Waals surface area contributed by atoms with Crippen molar-refractivity contribution in [1.29, 1.82) is 0 Å². The fourth-order valence-corrected chi connectivity index (χ4v) is 2.39. The van der Waals surface area contributed by atoms with Gasteiger partial charge in [-0.15, -0.1) is 0 Å². The van der Waals surface area contributed by atoms with Crippen LogP contribution in [0.1, 0.15) is 24.5 Å². The Kier molecular flexibility index (Phi) is 6.71. The Morgan fingerprint density at radius 1 is 1.12 bits per heavy atom. The Morgan fingerprint density at radius 3 is 2.28 bits per heavy atom. The summed E-state index contributed by atoms with van der Waals surface area (Å²) in [6.45, 7) is 3.61. The van der Waals surface area contributed by atoms with E-state index in [-0.39, 0.29) is 10.6 Å². The Hall–Kier alpha value is -2.66. The molecule has 0 fully saturated rings. The quantitative estimate of drug-likeness (QED) is 0.404. The number of nitrogens with zero attached hydrogens (tertiary/aromatic N) is 2. The van der Waals surface area contributed by atoms with Crippen molar-refractivity contribution >= 4 is 17.3 Å². The van der Waals surface area contributed by atoms with Gasteiger partial charge in [0, 0.05) is 18.7 Å². The summed E-state index contributed by atoms with van der Waals surface area (Å²) in [5.74, 6) is 0.854. The lowest BCUT2D eigenvalue weighted by Gasteiger charge is -2.11. The highest BCUT2D eigenvalue weighted by atomic mass is 16.6. The van der Waals surface area contributed by atoms with Crippen LogP contribution < -0.4 is 4.74 Å². The molecule has 2 aromatic rings. The molecule has 0 saturated heterocycles. The van der Waals surface area contributed by atoms with E-state index >= 15 is 0 Å². The van der Waals surface area contributed by atoms with Gasteiger partial charge in [-0.25, -0.2) is 0 Å². The molecule has 0 spiro atoms. The van der Waals surface area contributed by atoms with Gasteiger partial charge in [-0.2, -0.15) is 0 Å². The predicted molar refractivity (Wildman–Crippen MR) is 102 cm³/mol. The number of hydrogen-bond acceptors (Lipinski definition) is 4. The number of nitro groups is 1. The molecule has 0 bridgehead atoms. The fourth-order valence-electron chi connectivity index (χ4n) is 2.39. The molecule has 0 atom stereocenters. The minimum atomic E-state index is -0.381. The van der Waals surface area contributed by atoms with E-state index in [2.05, 4.69) is 17.9 Å². The molecule has 2 rings (SSSR count). The van der Waals surface area contributed by atoms with Crippen LogP contribution in [0.5, 0.6) is 5.75 Å². The predicted octanol–water partition coefficient (Wildman–Crippen LogP) is 4.49. The van der Waals surface area contributed by atoms with Crippen LogP contribution in [0.4, 0.5) is 5.69 Å². The van der Waals surface area contributed by atoms with Crippen molar-refractivity contribution in [3.8, 4) is 5.75 Å². The maximum absolute atomic E-state index is 10.8. The summed E-state index contributed by atoms with van der Waals surface area (Å²) >= 11 is 0. The van der Waals surface area contributed by atoms with Crippen molar-refractivity contribution in [2.24, 2.45) is 0 Å². The van der Waals surface area contributed by atoms with Gasteiger partial charge in [0.1, 0.15) is 12.4 Å². The van der Waals surface area contributed by atoms with Crippen LogP contribution in [-0.2, 0) is 0 Å². The lowest BCUT2D eigenvalue weighted by atomic mass is 10.0. The van der Waals surface area contributed by atoms with Crippen LogP contribution in [0, 0.1) is 10.1 Å². The topological polar surface area (TPSA) is 55.6 Å². The van der Waals surface area contributed by atoms with Gasteiger partial charge in [-0.3, -0.25) is 10.1 Å². The number of benzene rings is 2. The molecule has 132 valence electrons. The van der Waals surface area contributed by atoms with Gasteiger partial charge in [0.05, 0.1) is 4.92 Å². The molecule has 0 unspecified atom stereocenters. The molecule has 5 heteroatoms. The first kappa shape index (κ1) is 18.7. The molecule has 0 radical (unpaired) electrons. The molecule has 0 aliphatic carbocycles. The van der Waals surface area contributed by atoms with E-state index in [0.717, 1.165) is 35.4 Å². The average molecular weight is 340 g/mol. The zero-order chi connectivity index (χ0) is 18.2. The van der Waals surface area contributed by atoms with Gasteiger partial charge in [-0.1, -0.05) is 25.1 Å². The van der Waals surface area contributed by atoms with Gasteiger partial charge in [0.15, 0.2) is 0 Å². The van der Waals surface area contributed by atoms with E-state index in [4.69, 9.17) is 4.74 Å². The van der Waals surface area contributed by atoms with Crippen molar-refractivity contribution in [2.45, 2.75) is 13.3 Å². The number of allylic oxidation sites excluding steroid dienone is 1. The van der Waals surface area contributed by atoms with Crippen molar-refractivity contribution in [1.82, 2.24) is 4.90 Å². The lowest BCUT2D eigenvalue weighted by molar-refractivity contribution is -0.384. The number of non-ortho nitro benzene ring substituents is 1. The standard InChI is InChI=1S/C20H24N2O3/c1-4-17(18-7-9-19(10-8-18)22(23)24)15-16-5-11-20(12-6-16)25-14-13-21(2)3/h5-12,15H,4,13-14H2,1-3H3/b17-15-. The maximum atomic E-state index is 10.8. The van der Waals surface area contributed by atoms with E-state index in [1.54, 1.807) is 24.3 Å². The van der Waals surface area contributed by atoms with Crippen molar-refractivity contribution < 1.29 is 9.66 Å². The second kappa shape index (κ2) is 8.99. The van der Waals surface area contributed by atoms with Crippen LogP contribution in [-0.4, -0.2) is 37.1 Å². The Labute approximate surface area is 148 Å². The van der Waals surface area contributed by atoms with Crippen molar-refractivity contribution in [2.75, 3.05) is 27.2 Å². The minimum absolute atomic E-state index is 0.110. The van der Waals surface area contributed by atoms with Crippen LogP contribution in [0.15, 0.2) is 48.5 Å². The second-order valence-electron chi connectivity index (χ2n) is 6.05. The Morgan fingerprint density at radius 2 is 1.76 bits per heavy atom. The third kappa shape index (κ3) is 5.72. The summed E-state index contributed by atoms with van der Waals surface area (Å²) in [5, 5.41) is 10.8. The van der Waals surface area contributed by atoms with Crippen LogP contribution >= 0.6 is 0 Å². The van der Waals surface area contributed by atoms with Crippen molar-refractivity contribution in [3.63, 3.8) is 0 Å². The SMILES string of the molecule is CC/C(=C/c1ccc(OCCN(C)C)cc1)c1ccc([N+](=O)[O-])cc1. The minimum Gasteiger partial charge on any atom is -0.492 e. The van der Waals surface area contributed by atoms with E-state index in [0.29, 0.717) is 6.61 Å². The van der Waals surface area contributed by atoms with Gasteiger partial charge in [0.25, 0.3) is 5.69 Å². The van der Waals surface area contributed by atoms with Gasteiger partial charge >= 0.3 is 0 Å². The van der Waals surface area contributed by atoms with Crippen LogP contribution in [0.3, 0.4) is 0 Å². The third-order valence-electron chi connectivity index (χ3n) is 3.86. The summed E-state index contributed by atoms with van der Waals surface area (Å²) in [5.41, 5.74) is 3.32. The molecule has 5 nitrogen and oxygen atoms in total. The smallest absolute Gasteiger partial charge is 0.269 e. The molecule has 0 saturated carbocycles. The summed E-state index contributed by atoms with van der Waals surface area (Å²) in [7, 11) is 4.03. The molecule has 0 heterocycles. The van der Waals surface area contributed by atoms with Gasteiger partial charge in [-0.05, 0) is 61.5 Å². The summed E-state index contributed by atoms with van der Waals surface area (Å²) < 4.78 is 5.70. The number of ether oxygens (including phenoxy) is 1. The number of rotatable bonds is 8. The number of likely N-dealkylation sites (N-methyl/N-ethyl adjacent to an activating group) is 1. The average Bonchev–Trinajstić information content (AvgIpc) is 2.60. The first-order chi connectivity index (χ1) is 12.0. The zero-order valence-corrected chi connectivity index (χ0v) is 14.9. The third-order valence-corrected chi connectivity index (χ3v) is 3.86.